The maximum Gasteiger partial charge on any atom is 0.280 e. The van der Waals surface area contributed by atoms with Gasteiger partial charge in [-0.25, -0.2) is 9.97 Å². The van der Waals surface area contributed by atoms with E-state index in [0.29, 0.717) is 17.6 Å². The van der Waals surface area contributed by atoms with E-state index in [-0.39, 0.29) is 5.56 Å². The van der Waals surface area contributed by atoms with E-state index in [0.717, 1.165) is 17.0 Å². The Balaban J connectivity index is 1.82. The van der Waals surface area contributed by atoms with Gasteiger partial charge < -0.3 is 0 Å². The summed E-state index contributed by atoms with van der Waals surface area (Å²) in [4.78, 5) is 25.8. The Morgan fingerprint density at radius 3 is 2.83 bits per heavy atom. The monoisotopic (exact) mass is 320 g/mol. The Hall–Kier alpha value is -2.86. The van der Waals surface area contributed by atoms with Gasteiger partial charge in [-0.05, 0) is 35.7 Å². The van der Waals surface area contributed by atoms with Crippen LogP contribution in [0.25, 0.3) is 22.3 Å². The average molecular weight is 320 g/mol. The van der Waals surface area contributed by atoms with E-state index in [1.807, 2.05) is 47.2 Å². The van der Waals surface area contributed by atoms with Crippen molar-refractivity contribution in [3.05, 3.63) is 75.7 Å². The smallest absolute Gasteiger partial charge is 0.280 e. The Labute approximate surface area is 135 Å². The fourth-order valence-corrected chi connectivity index (χ4v) is 3.03. The molecule has 0 aliphatic rings. The summed E-state index contributed by atoms with van der Waals surface area (Å²) >= 11 is 1.60. The van der Waals surface area contributed by atoms with Gasteiger partial charge in [-0.1, -0.05) is 6.07 Å². The first-order valence-electron chi connectivity index (χ1n) is 7.10. The van der Waals surface area contributed by atoms with Crippen LogP contribution in [0.4, 0.5) is 0 Å². The molecule has 112 valence electrons. The summed E-state index contributed by atoms with van der Waals surface area (Å²) in [6.45, 7) is 0.382. The summed E-state index contributed by atoms with van der Waals surface area (Å²) < 4.78 is 1.54. The van der Waals surface area contributed by atoms with Crippen LogP contribution in [-0.4, -0.2) is 19.5 Å². The number of aromatic nitrogens is 4. The molecule has 0 atom stereocenters. The van der Waals surface area contributed by atoms with Crippen molar-refractivity contribution in [3.8, 4) is 11.3 Å². The summed E-state index contributed by atoms with van der Waals surface area (Å²) in [6, 6.07) is 11.3. The molecule has 0 unspecified atom stereocenters. The lowest BCUT2D eigenvalue weighted by Crippen LogP contribution is -2.22. The van der Waals surface area contributed by atoms with Crippen LogP contribution in [0.1, 0.15) is 5.69 Å². The Morgan fingerprint density at radius 2 is 2.04 bits per heavy atom. The summed E-state index contributed by atoms with van der Waals surface area (Å²) in [5.74, 6) is 0. The topological polar surface area (TPSA) is 60.7 Å². The molecule has 4 heterocycles. The highest BCUT2D eigenvalue weighted by atomic mass is 32.1. The minimum Gasteiger partial charge on any atom is -0.291 e. The predicted molar refractivity (Wildman–Crippen MR) is 90.5 cm³/mol. The molecule has 0 aromatic carbocycles. The van der Waals surface area contributed by atoms with E-state index in [1.165, 1.54) is 4.57 Å². The molecule has 0 aliphatic carbocycles. The highest BCUT2D eigenvalue weighted by Gasteiger charge is 2.09. The minimum absolute atomic E-state index is 0.155. The van der Waals surface area contributed by atoms with Gasteiger partial charge in [0.15, 0.2) is 5.52 Å². The number of rotatable bonds is 3. The zero-order valence-electron chi connectivity index (χ0n) is 12.1. The van der Waals surface area contributed by atoms with E-state index >= 15 is 0 Å². The number of thiophene rings is 1. The van der Waals surface area contributed by atoms with Gasteiger partial charge in [0.1, 0.15) is 0 Å². The van der Waals surface area contributed by atoms with Gasteiger partial charge in [0.2, 0.25) is 0 Å². The molecular formula is C17H12N4OS. The van der Waals surface area contributed by atoms with Crippen molar-refractivity contribution in [1.29, 1.82) is 0 Å². The number of pyridine rings is 2. The van der Waals surface area contributed by atoms with Crippen LogP contribution in [0.3, 0.4) is 0 Å². The molecule has 0 saturated heterocycles. The van der Waals surface area contributed by atoms with Crippen molar-refractivity contribution >= 4 is 22.4 Å². The zero-order chi connectivity index (χ0) is 15.6. The predicted octanol–water partition coefficient (Wildman–Crippen LogP) is 2.96. The number of hydrogen-bond donors (Lipinski definition) is 0. The van der Waals surface area contributed by atoms with E-state index in [2.05, 4.69) is 15.0 Å². The lowest BCUT2D eigenvalue weighted by atomic mass is 10.2. The van der Waals surface area contributed by atoms with Crippen molar-refractivity contribution < 1.29 is 0 Å². The maximum absolute atomic E-state index is 12.7. The molecule has 0 bridgehead atoms. The van der Waals surface area contributed by atoms with Gasteiger partial charge in [0.05, 0.1) is 29.8 Å². The Morgan fingerprint density at radius 1 is 1.09 bits per heavy atom. The Kier molecular flexibility index (Phi) is 3.44. The molecule has 4 aromatic rings. The van der Waals surface area contributed by atoms with Crippen LogP contribution < -0.4 is 5.56 Å². The summed E-state index contributed by atoms with van der Waals surface area (Å²) in [5, 5.41) is 4.00. The molecule has 4 aromatic heterocycles. The standard InChI is InChI=1S/C17H12N4OS/c22-17-16-15(5-4-14(20-16)12-6-8-23-10-12)19-11-21(17)9-13-3-1-2-7-18-13/h1-8,10-11H,9H2. The molecule has 6 heteroatoms. The van der Waals surface area contributed by atoms with Gasteiger partial charge in [0.25, 0.3) is 5.56 Å². The van der Waals surface area contributed by atoms with Gasteiger partial charge in [0, 0.05) is 17.1 Å². The van der Waals surface area contributed by atoms with Crippen molar-refractivity contribution in [3.63, 3.8) is 0 Å². The molecular weight excluding hydrogens is 308 g/mol. The van der Waals surface area contributed by atoms with Crippen molar-refractivity contribution in [2.24, 2.45) is 0 Å². The van der Waals surface area contributed by atoms with Crippen LogP contribution in [0.2, 0.25) is 0 Å². The van der Waals surface area contributed by atoms with Crippen LogP contribution in [-0.2, 0) is 6.54 Å². The average Bonchev–Trinajstić information content (AvgIpc) is 3.13. The van der Waals surface area contributed by atoms with Crippen molar-refractivity contribution in [1.82, 2.24) is 19.5 Å². The normalized spacial score (nSPS) is 11.0. The molecule has 0 saturated carbocycles. The first kappa shape index (κ1) is 13.8. The molecule has 0 aliphatic heterocycles. The van der Waals surface area contributed by atoms with Gasteiger partial charge in [-0.15, -0.1) is 0 Å². The van der Waals surface area contributed by atoms with Crippen LogP contribution >= 0.6 is 11.3 Å². The minimum atomic E-state index is -0.155. The first-order chi connectivity index (χ1) is 11.3. The fraction of sp³-hybridized carbons (Fsp3) is 0.0588. The van der Waals surface area contributed by atoms with Crippen molar-refractivity contribution in [2.75, 3.05) is 0 Å². The Bertz CT molecular complexity index is 1010. The summed E-state index contributed by atoms with van der Waals surface area (Å²) in [5.41, 5.74) is 3.44. The van der Waals surface area contributed by atoms with E-state index in [9.17, 15) is 4.79 Å². The number of hydrogen-bond acceptors (Lipinski definition) is 5. The second-order valence-electron chi connectivity index (χ2n) is 5.07. The van der Waals surface area contributed by atoms with Gasteiger partial charge in [-0.3, -0.25) is 14.3 Å². The highest BCUT2D eigenvalue weighted by molar-refractivity contribution is 7.08. The van der Waals surface area contributed by atoms with E-state index in [1.54, 1.807) is 23.9 Å². The summed E-state index contributed by atoms with van der Waals surface area (Å²) in [6.07, 6.45) is 3.26. The third-order valence-corrected chi connectivity index (χ3v) is 4.23. The van der Waals surface area contributed by atoms with Gasteiger partial charge in [-0.2, -0.15) is 11.3 Å². The van der Waals surface area contributed by atoms with Gasteiger partial charge >= 0.3 is 0 Å². The van der Waals surface area contributed by atoms with Crippen LogP contribution in [0.15, 0.2) is 64.5 Å². The largest absolute Gasteiger partial charge is 0.291 e. The highest BCUT2D eigenvalue weighted by Crippen LogP contribution is 2.21. The molecule has 5 nitrogen and oxygen atoms in total. The SMILES string of the molecule is O=c1c2nc(-c3ccsc3)ccc2ncn1Cc1ccccn1. The lowest BCUT2D eigenvalue weighted by Gasteiger charge is -2.06. The lowest BCUT2D eigenvalue weighted by molar-refractivity contribution is 0.728. The van der Waals surface area contributed by atoms with Crippen molar-refractivity contribution in [2.45, 2.75) is 6.54 Å². The first-order valence-corrected chi connectivity index (χ1v) is 8.04. The quantitative estimate of drug-likeness (QED) is 0.582. The molecule has 0 radical (unpaired) electrons. The molecule has 0 fully saturated rings. The molecule has 0 spiro atoms. The molecule has 4 rings (SSSR count). The molecule has 0 amide bonds. The summed E-state index contributed by atoms with van der Waals surface area (Å²) in [7, 11) is 0. The zero-order valence-corrected chi connectivity index (χ0v) is 12.9. The third-order valence-electron chi connectivity index (χ3n) is 3.55. The molecule has 23 heavy (non-hydrogen) atoms. The van der Waals surface area contributed by atoms with E-state index < -0.39 is 0 Å². The van der Waals surface area contributed by atoms with Crippen LogP contribution in [0.5, 0.6) is 0 Å². The van der Waals surface area contributed by atoms with E-state index in [4.69, 9.17) is 0 Å². The second kappa shape index (κ2) is 5.73. The maximum atomic E-state index is 12.7. The molecule has 0 N–H and O–H groups in total. The fourth-order valence-electron chi connectivity index (χ4n) is 2.38. The second-order valence-corrected chi connectivity index (χ2v) is 5.85. The number of nitrogens with zero attached hydrogens (tertiary/aromatic N) is 4. The van der Waals surface area contributed by atoms with Crippen LogP contribution in [0, 0.1) is 0 Å². The third kappa shape index (κ3) is 2.64. The number of fused-ring (bicyclic) bond motifs is 1.